The molecule has 0 aliphatic rings. The first-order valence-electron chi connectivity index (χ1n) is 5.14. The van der Waals surface area contributed by atoms with Crippen molar-refractivity contribution in [2.24, 2.45) is 5.84 Å². The standard InChI is InChI=1S/C11H20N2O2/c1-11(2,14-3)7-6-9(13-12)10-5-4-8-15-10/h4-5,8-9,13H,6-7,12H2,1-3H3. The zero-order valence-electron chi connectivity index (χ0n) is 9.62. The van der Waals surface area contributed by atoms with Gasteiger partial charge in [0.25, 0.3) is 0 Å². The predicted octanol–water partition coefficient (Wildman–Crippen LogP) is 1.99. The van der Waals surface area contributed by atoms with Gasteiger partial charge >= 0.3 is 0 Å². The summed E-state index contributed by atoms with van der Waals surface area (Å²) in [6.45, 7) is 4.12. The van der Waals surface area contributed by atoms with Gasteiger partial charge in [-0.2, -0.15) is 0 Å². The molecule has 1 atom stereocenters. The highest BCUT2D eigenvalue weighted by atomic mass is 16.5. The molecule has 0 spiro atoms. The lowest BCUT2D eigenvalue weighted by molar-refractivity contribution is 0.0112. The van der Waals surface area contributed by atoms with Gasteiger partial charge in [-0.3, -0.25) is 5.84 Å². The van der Waals surface area contributed by atoms with Gasteiger partial charge in [-0.1, -0.05) is 0 Å². The van der Waals surface area contributed by atoms with E-state index in [2.05, 4.69) is 19.3 Å². The number of ether oxygens (including phenoxy) is 1. The molecule has 4 heteroatoms. The lowest BCUT2D eigenvalue weighted by Crippen LogP contribution is -2.31. The van der Waals surface area contributed by atoms with Crippen LogP contribution in [0.2, 0.25) is 0 Å². The lowest BCUT2D eigenvalue weighted by Gasteiger charge is -2.24. The lowest BCUT2D eigenvalue weighted by atomic mass is 9.98. The van der Waals surface area contributed by atoms with Crippen LogP contribution in [0.15, 0.2) is 22.8 Å². The molecule has 0 saturated carbocycles. The van der Waals surface area contributed by atoms with Crippen LogP contribution in [0.3, 0.4) is 0 Å². The summed E-state index contributed by atoms with van der Waals surface area (Å²) in [7, 11) is 1.72. The maximum absolute atomic E-state index is 5.48. The van der Waals surface area contributed by atoms with Crippen LogP contribution in [0.4, 0.5) is 0 Å². The van der Waals surface area contributed by atoms with E-state index in [4.69, 9.17) is 15.0 Å². The van der Waals surface area contributed by atoms with Crippen LogP contribution in [0, 0.1) is 0 Å². The van der Waals surface area contributed by atoms with Gasteiger partial charge in [0.05, 0.1) is 17.9 Å². The summed E-state index contributed by atoms with van der Waals surface area (Å²) >= 11 is 0. The molecule has 1 heterocycles. The molecule has 3 N–H and O–H groups in total. The molecule has 0 bridgehead atoms. The van der Waals surface area contributed by atoms with Gasteiger partial charge in [0.15, 0.2) is 0 Å². The molecule has 0 amide bonds. The van der Waals surface area contributed by atoms with Crippen LogP contribution in [-0.4, -0.2) is 12.7 Å². The summed E-state index contributed by atoms with van der Waals surface area (Å²) in [5.41, 5.74) is 2.63. The van der Waals surface area contributed by atoms with E-state index in [1.165, 1.54) is 0 Å². The van der Waals surface area contributed by atoms with E-state index in [0.29, 0.717) is 0 Å². The summed E-state index contributed by atoms with van der Waals surface area (Å²) in [4.78, 5) is 0. The number of nitrogens with two attached hydrogens (primary N) is 1. The maximum Gasteiger partial charge on any atom is 0.122 e. The number of nitrogens with one attached hydrogen (secondary N) is 1. The normalized spacial score (nSPS) is 14.1. The zero-order valence-corrected chi connectivity index (χ0v) is 9.62. The third-order valence-electron chi connectivity index (χ3n) is 2.68. The molecule has 0 radical (unpaired) electrons. The van der Waals surface area contributed by atoms with E-state index in [1.807, 2.05) is 12.1 Å². The largest absolute Gasteiger partial charge is 0.468 e. The third kappa shape index (κ3) is 3.66. The van der Waals surface area contributed by atoms with Crippen molar-refractivity contribution in [1.82, 2.24) is 5.43 Å². The Morgan fingerprint density at radius 2 is 2.33 bits per heavy atom. The van der Waals surface area contributed by atoms with E-state index in [0.717, 1.165) is 18.6 Å². The maximum atomic E-state index is 5.48. The summed E-state index contributed by atoms with van der Waals surface area (Å²) in [5.74, 6) is 6.35. The molecule has 0 aromatic carbocycles. The van der Waals surface area contributed by atoms with Gasteiger partial charge < -0.3 is 9.15 Å². The number of rotatable bonds is 6. The molecule has 86 valence electrons. The fraction of sp³-hybridized carbons (Fsp3) is 0.636. The highest BCUT2D eigenvalue weighted by Crippen LogP contribution is 2.23. The van der Waals surface area contributed by atoms with Crippen molar-refractivity contribution in [2.45, 2.75) is 38.3 Å². The van der Waals surface area contributed by atoms with Crippen LogP contribution in [0.5, 0.6) is 0 Å². The second kappa shape index (κ2) is 5.30. The van der Waals surface area contributed by atoms with Crippen molar-refractivity contribution >= 4 is 0 Å². The Hall–Kier alpha value is -0.840. The van der Waals surface area contributed by atoms with Crippen molar-refractivity contribution in [2.75, 3.05) is 7.11 Å². The average Bonchev–Trinajstić information content (AvgIpc) is 2.72. The van der Waals surface area contributed by atoms with Crippen LogP contribution < -0.4 is 11.3 Å². The van der Waals surface area contributed by atoms with Gasteiger partial charge in [0.1, 0.15) is 5.76 Å². The molecular weight excluding hydrogens is 192 g/mol. The van der Waals surface area contributed by atoms with Gasteiger partial charge in [-0.25, -0.2) is 5.43 Å². The van der Waals surface area contributed by atoms with Crippen LogP contribution in [0.1, 0.15) is 38.5 Å². The molecule has 0 aliphatic heterocycles. The smallest absolute Gasteiger partial charge is 0.122 e. The second-order valence-electron chi connectivity index (χ2n) is 4.24. The summed E-state index contributed by atoms with van der Waals surface area (Å²) in [6, 6.07) is 3.83. The fourth-order valence-electron chi connectivity index (χ4n) is 1.39. The Balaban J connectivity index is 2.49. The van der Waals surface area contributed by atoms with E-state index < -0.39 is 0 Å². The van der Waals surface area contributed by atoms with Gasteiger partial charge in [0, 0.05) is 7.11 Å². The topological polar surface area (TPSA) is 60.4 Å². The Kier molecular flexibility index (Phi) is 4.32. The first kappa shape index (κ1) is 12.2. The Labute approximate surface area is 90.8 Å². The Bertz CT molecular complexity index is 270. The first-order valence-corrected chi connectivity index (χ1v) is 5.14. The molecule has 0 aliphatic carbocycles. The van der Waals surface area contributed by atoms with Crippen molar-refractivity contribution in [3.63, 3.8) is 0 Å². The van der Waals surface area contributed by atoms with E-state index in [9.17, 15) is 0 Å². The number of hydrogen-bond acceptors (Lipinski definition) is 4. The molecule has 1 aromatic heterocycles. The second-order valence-corrected chi connectivity index (χ2v) is 4.24. The number of hydrogen-bond donors (Lipinski definition) is 2. The fourth-order valence-corrected chi connectivity index (χ4v) is 1.39. The Morgan fingerprint density at radius 1 is 1.60 bits per heavy atom. The van der Waals surface area contributed by atoms with E-state index >= 15 is 0 Å². The minimum Gasteiger partial charge on any atom is -0.468 e. The third-order valence-corrected chi connectivity index (χ3v) is 2.68. The zero-order chi connectivity index (χ0) is 11.3. The quantitative estimate of drug-likeness (QED) is 0.559. The van der Waals surface area contributed by atoms with E-state index in [1.54, 1.807) is 13.4 Å². The van der Waals surface area contributed by atoms with Crippen LogP contribution >= 0.6 is 0 Å². The van der Waals surface area contributed by atoms with Crippen molar-refractivity contribution < 1.29 is 9.15 Å². The predicted molar refractivity (Wildman–Crippen MR) is 59.1 cm³/mol. The molecule has 1 rings (SSSR count). The summed E-state index contributed by atoms with van der Waals surface area (Å²) < 4.78 is 10.7. The Morgan fingerprint density at radius 3 is 2.80 bits per heavy atom. The monoisotopic (exact) mass is 212 g/mol. The highest BCUT2D eigenvalue weighted by Gasteiger charge is 2.20. The van der Waals surface area contributed by atoms with Gasteiger partial charge in [-0.05, 0) is 38.8 Å². The first-order chi connectivity index (χ1) is 7.09. The van der Waals surface area contributed by atoms with Crippen LogP contribution in [0.25, 0.3) is 0 Å². The summed E-state index contributed by atoms with van der Waals surface area (Å²) in [5, 5.41) is 0. The number of furan rings is 1. The highest BCUT2D eigenvalue weighted by molar-refractivity contribution is 5.04. The molecular formula is C11H20N2O2. The SMILES string of the molecule is COC(C)(C)CCC(NN)c1ccco1. The summed E-state index contributed by atoms with van der Waals surface area (Å²) in [6.07, 6.45) is 3.45. The minimum absolute atomic E-state index is 0.0504. The van der Waals surface area contributed by atoms with Crippen LogP contribution in [-0.2, 0) is 4.74 Å². The average molecular weight is 212 g/mol. The van der Waals surface area contributed by atoms with E-state index in [-0.39, 0.29) is 11.6 Å². The number of methoxy groups -OCH3 is 1. The van der Waals surface area contributed by atoms with Crippen molar-refractivity contribution in [1.29, 1.82) is 0 Å². The van der Waals surface area contributed by atoms with Gasteiger partial charge in [-0.15, -0.1) is 0 Å². The van der Waals surface area contributed by atoms with Crippen molar-refractivity contribution in [3.05, 3.63) is 24.2 Å². The molecule has 15 heavy (non-hydrogen) atoms. The molecule has 4 nitrogen and oxygen atoms in total. The molecule has 1 aromatic rings. The molecule has 0 saturated heterocycles. The molecule has 0 fully saturated rings. The van der Waals surface area contributed by atoms with Gasteiger partial charge in [0.2, 0.25) is 0 Å². The van der Waals surface area contributed by atoms with Crippen molar-refractivity contribution in [3.8, 4) is 0 Å². The molecule has 1 unspecified atom stereocenters. The number of hydrazine groups is 1. The minimum atomic E-state index is -0.123.